The highest BCUT2D eigenvalue weighted by Crippen LogP contribution is 2.34. The van der Waals surface area contributed by atoms with E-state index in [0.29, 0.717) is 12.2 Å². The summed E-state index contributed by atoms with van der Waals surface area (Å²) in [6.07, 6.45) is 7.06. The molecule has 1 saturated carbocycles. The van der Waals surface area contributed by atoms with Crippen LogP contribution in [0.2, 0.25) is 0 Å². The first-order valence-electron chi connectivity index (χ1n) is 8.41. The van der Waals surface area contributed by atoms with Crippen molar-refractivity contribution in [1.82, 2.24) is 0 Å². The zero-order valence-corrected chi connectivity index (χ0v) is 13.7. The van der Waals surface area contributed by atoms with Crippen LogP contribution in [-0.2, 0) is 4.79 Å². The van der Waals surface area contributed by atoms with Crippen LogP contribution in [0.5, 0.6) is 5.75 Å². The fraction of sp³-hybridized carbons (Fsp3) is 0.550. The van der Waals surface area contributed by atoms with E-state index in [0.717, 1.165) is 49.8 Å². The van der Waals surface area contributed by atoms with Crippen LogP contribution >= 0.6 is 0 Å². The maximum absolute atomic E-state index is 12.3. The molecule has 2 nitrogen and oxygen atoms in total. The van der Waals surface area contributed by atoms with E-state index in [9.17, 15) is 4.79 Å². The molecule has 0 N–H and O–H groups in total. The largest absolute Gasteiger partial charge is 0.497 e. The smallest absolute Gasteiger partial charge is 0.137 e. The number of unbranched alkanes of at least 4 members (excludes halogenated alkanes) is 2. The Kier molecular flexibility index (Phi) is 6.52. The average Bonchev–Trinajstić information content (AvgIpc) is 2.56. The Labute approximate surface area is 134 Å². The fourth-order valence-corrected chi connectivity index (χ4v) is 3.04. The predicted molar refractivity (Wildman–Crippen MR) is 90.0 cm³/mol. The molecule has 118 valence electrons. The first-order chi connectivity index (χ1) is 10.8. The van der Waals surface area contributed by atoms with Crippen molar-refractivity contribution >= 4 is 5.78 Å². The number of methoxy groups -OCH3 is 1. The molecule has 1 fully saturated rings. The number of ether oxygens (including phenoxy) is 1. The molecule has 0 bridgehead atoms. The van der Waals surface area contributed by atoms with E-state index in [-0.39, 0.29) is 11.8 Å². The lowest BCUT2D eigenvalue weighted by atomic mass is 9.76. The van der Waals surface area contributed by atoms with E-state index >= 15 is 0 Å². The van der Waals surface area contributed by atoms with Gasteiger partial charge in [-0.3, -0.25) is 4.79 Å². The lowest BCUT2D eigenvalue weighted by Gasteiger charge is -2.26. The van der Waals surface area contributed by atoms with Crippen LogP contribution in [0.4, 0.5) is 0 Å². The van der Waals surface area contributed by atoms with Gasteiger partial charge in [-0.15, -0.1) is 5.92 Å². The molecular weight excluding hydrogens is 272 g/mol. The molecule has 1 aromatic carbocycles. The topological polar surface area (TPSA) is 26.3 Å². The minimum Gasteiger partial charge on any atom is -0.497 e. The molecule has 2 unspecified atom stereocenters. The third-order valence-electron chi connectivity index (χ3n) is 4.39. The van der Waals surface area contributed by atoms with E-state index in [1.54, 1.807) is 7.11 Å². The van der Waals surface area contributed by atoms with Crippen molar-refractivity contribution in [2.24, 2.45) is 5.92 Å². The van der Waals surface area contributed by atoms with Gasteiger partial charge in [0.1, 0.15) is 11.5 Å². The van der Waals surface area contributed by atoms with Gasteiger partial charge in [-0.1, -0.05) is 37.8 Å². The van der Waals surface area contributed by atoms with Gasteiger partial charge in [-0.25, -0.2) is 0 Å². The molecule has 0 saturated heterocycles. The molecule has 0 spiro atoms. The molecule has 0 amide bonds. The predicted octanol–water partition coefficient (Wildman–Crippen LogP) is 4.73. The normalized spacial score (nSPS) is 19.2. The summed E-state index contributed by atoms with van der Waals surface area (Å²) in [5, 5.41) is 0. The zero-order valence-electron chi connectivity index (χ0n) is 13.7. The van der Waals surface area contributed by atoms with Crippen LogP contribution in [-0.4, -0.2) is 12.9 Å². The molecule has 1 aliphatic carbocycles. The second-order valence-electron chi connectivity index (χ2n) is 5.99. The van der Waals surface area contributed by atoms with E-state index in [1.165, 1.54) is 0 Å². The molecule has 22 heavy (non-hydrogen) atoms. The average molecular weight is 298 g/mol. The maximum atomic E-state index is 12.3. The van der Waals surface area contributed by atoms with E-state index in [1.807, 2.05) is 12.1 Å². The van der Waals surface area contributed by atoms with Crippen LogP contribution < -0.4 is 4.74 Å². The summed E-state index contributed by atoms with van der Waals surface area (Å²) in [5.41, 5.74) is 1.14. The maximum Gasteiger partial charge on any atom is 0.137 e. The minimum absolute atomic E-state index is 0.0376. The Hall–Kier alpha value is -1.75. The Balaban J connectivity index is 2.22. The Morgan fingerprint density at radius 2 is 2.05 bits per heavy atom. The molecule has 2 rings (SSSR count). The first-order valence-corrected chi connectivity index (χ1v) is 8.41. The standard InChI is InChI=1S/C20H26O2/c1-3-4-5-6-9-18(19-10-7-8-11-20(19)21)16-12-14-17(22-2)15-13-16/h12-15,18-19H,3-5,7-8,10-11H2,1-2H3. The summed E-state index contributed by atoms with van der Waals surface area (Å²) in [5.74, 6) is 8.03. The molecule has 1 aliphatic rings. The summed E-state index contributed by atoms with van der Waals surface area (Å²) in [6.45, 7) is 2.17. The lowest BCUT2D eigenvalue weighted by molar-refractivity contribution is -0.124. The van der Waals surface area contributed by atoms with Gasteiger partial charge < -0.3 is 4.74 Å². The Morgan fingerprint density at radius 3 is 2.68 bits per heavy atom. The van der Waals surface area contributed by atoms with Crippen molar-refractivity contribution in [3.8, 4) is 17.6 Å². The van der Waals surface area contributed by atoms with Crippen LogP contribution in [0.1, 0.15) is 63.4 Å². The summed E-state index contributed by atoms with van der Waals surface area (Å²) in [6, 6.07) is 8.03. The van der Waals surface area contributed by atoms with E-state index in [2.05, 4.69) is 30.9 Å². The highest BCUT2D eigenvalue weighted by molar-refractivity contribution is 5.83. The number of carbonyl (C=O) groups is 1. The van der Waals surface area contributed by atoms with Crippen molar-refractivity contribution in [2.45, 2.75) is 57.8 Å². The monoisotopic (exact) mass is 298 g/mol. The number of Topliss-reactive ketones (excluding diaryl/α,β-unsaturated/α-hetero) is 1. The minimum atomic E-state index is 0.0376. The molecular formula is C20H26O2. The van der Waals surface area contributed by atoms with Crippen molar-refractivity contribution in [1.29, 1.82) is 0 Å². The molecule has 0 heterocycles. The third kappa shape index (κ3) is 4.37. The number of rotatable bonds is 5. The zero-order chi connectivity index (χ0) is 15.8. The van der Waals surface area contributed by atoms with Crippen LogP contribution in [0.3, 0.4) is 0 Å². The molecule has 2 heteroatoms. The summed E-state index contributed by atoms with van der Waals surface area (Å²) in [7, 11) is 1.67. The van der Waals surface area contributed by atoms with Gasteiger partial charge in [0, 0.05) is 18.8 Å². The highest BCUT2D eigenvalue weighted by Gasteiger charge is 2.30. The number of carbonyl (C=O) groups excluding carboxylic acids is 1. The van der Waals surface area contributed by atoms with Crippen LogP contribution in [0.25, 0.3) is 0 Å². The van der Waals surface area contributed by atoms with Gasteiger partial charge >= 0.3 is 0 Å². The summed E-state index contributed by atoms with van der Waals surface area (Å²) < 4.78 is 5.23. The lowest BCUT2D eigenvalue weighted by Crippen LogP contribution is -2.25. The SMILES string of the molecule is CCCCC#CC(c1ccc(OC)cc1)C1CCCCC1=O. The van der Waals surface area contributed by atoms with Crippen LogP contribution in [0, 0.1) is 17.8 Å². The molecule has 1 aromatic rings. The number of hydrogen-bond acceptors (Lipinski definition) is 2. The molecule has 0 radical (unpaired) electrons. The van der Waals surface area contributed by atoms with Gasteiger partial charge in [0.05, 0.1) is 13.0 Å². The van der Waals surface area contributed by atoms with Gasteiger partial charge in [-0.2, -0.15) is 0 Å². The fourth-order valence-electron chi connectivity index (χ4n) is 3.04. The quantitative estimate of drug-likeness (QED) is 0.580. The Bertz CT molecular complexity index is 533. The molecule has 0 aliphatic heterocycles. The number of ketones is 1. The van der Waals surface area contributed by atoms with Crippen molar-refractivity contribution in [2.75, 3.05) is 7.11 Å². The third-order valence-corrected chi connectivity index (χ3v) is 4.39. The second kappa shape index (κ2) is 8.63. The van der Waals surface area contributed by atoms with Crippen LogP contribution in [0.15, 0.2) is 24.3 Å². The van der Waals surface area contributed by atoms with E-state index in [4.69, 9.17) is 4.74 Å². The van der Waals surface area contributed by atoms with Crippen molar-refractivity contribution in [3.63, 3.8) is 0 Å². The second-order valence-corrected chi connectivity index (χ2v) is 5.99. The van der Waals surface area contributed by atoms with Crippen molar-refractivity contribution in [3.05, 3.63) is 29.8 Å². The number of hydrogen-bond donors (Lipinski definition) is 0. The van der Waals surface area contributed by atoms with Gasteiger partial charge in [-0.05, 0) is 37.0 Å². The molecule has 2 atom stereocenters. The number of benzene rings is 1. The van der Waals surface area contributed by atoms with Gasteiger partial charge in [0.15, 0.2) is 0 Å². The Morgan fingerprint density at radius 1 is 1.27 bits per heavy atom. The van der Waals surface area contributed by atoms with Gasteiger partial charge in [0.25, 0.3) is 0 Å². The van der Waals surface area contributed by atoms with Gasteiger partial charge in [0.2, 0.25) is 0 Å². The molecule has 0 aromatic heterocycles. The van der Waals surface area contributed by atoms with E-state index < -0.39 is 0 Å². The summed E-state index contributed by atoms with van der Waals surface area (Å²) >= 11 is 0. The van der Waals surface area contributed by atoms with Crippen molar-refractivity contribution < 1.29 is 9.53 Å². The highest BCUT2D eigenvalue weighted by atomic mass is 16.5. The first kappa shape index (κ1) is 16.6. The summed E-state index contributed by atoms with van der Waals surface area (Å²) in [4.78, 5) is 12.3.